The normalized spacial score (nSPS) is 11.7. The van der Waals surface area contributed by atoms with E-state index in [0.717, 1.165) is 10.5 Å². The van der Waals surface area contributed by atoms with E-state index in [9.17, 15) is 9.18 Å². The summed E-state index contributed by atoms with van der Waals surface area (Å²) in [6.45, 7) is 2.15. The van der Waals surface area contributed by atoms with Gasteiger partial charge in [-0.05, 0) is 42.8 Å². The maximum atomic E-state index is 13.2. The molecule has 1 N–H and O–H groups in total. The van der Waals surface area contributed by atoms with Crippen LogP contribution in [0.15, 0.2) is 41.3 Å². The van der Waals surface area contributed by atoms with Crippen molar-refractivity contribution in [2.75, 3.05) is 14.2 Å². The molecule has 1 atom stereocenters. The first-order valence-corrected chi connectivity index (χ1v) is 8.80. The van der Waals surface area contributed by atoms with Gasteiger partial charge in [-0.25, -0.2) is 4.39 Å². The maximum Gasteiger partial charge on any atom is 0.233 e. The molecule has 134 valence electrons. The van der Waals surface area contributed by atoms with Crippen molar-refractivity contribution in [1.29, 1.82) is 0 Å². The van der Waals surface area contributed by atoms with E-state index in [0.29, 0.717) is 18.0 Å². The van der Waals surface area contributed by atoms with Gasteiger partial charge in [-0.2, -0.15) is 0 Å². The predicted octanol–water partition coefficient (Wildman–Crippen LogP) is 4.29. The summed E-state index contributed by atoms with van der Waals surface area (Å²) >= 11 is 7.08. The lowest BCUT2D eigenvalue weighted by Gasteiger charge is -2.13. The lowest BCUT2D eigenvalue weighted by Crippen LogP contribution is -2.30. The summed E-state index contributed by atoms with van der Waals surface area (Å²) in [5.41, 5.74) is 0.896. The fourth-order valence-electron chi connectivity index (χ4n) is 2.13. The van der Waals surface area contributed by atoms with Gasteiger partial charge < -0.3 is 14.8 Å². The Kier molecular flexibility index (Phi) is 6.96. The summed E-state index contributed by atoms with van der Waals surface area (Å²) in [7, 11) is 3.13. The second-order valence-electron chi connectivity index (χ2n) is 5.24. The molecule has 7 heteroatoms. The molecule has 0 saturated heterocycles. The van der Waals surface area contributed by atoms with E-state index in [1.807, 2.05) is 12.1 Å². The molecule has 0 heterocycles. The zero-order valence-electron chi connectivity index (χ0n) is 14.1. The lowest BCUT2D eigenvalue weighted by molar-refractivity contribution is -0.120. The molecule has 0 aliphatic heterocycles. The van der Waals surface area contributed by atoms with Crippen LogP contribution in [0.4, 0.5) is 4.39 Å². The topological polar surface area (TPSA) is 47.6 Å². The highest BCUT2D eigenvalue weighted by atomic mass is 35.5. The Morgan fingerprint density at radius 3 is 2.56 bits per heavy atom. The Labute approximate surface area is 155 Å². The van der Waals surface area contributed by atoms with Gasteiger partial charge in [-0.1, -0.05) is 17.7 Å². The first kappa shape index (κ1) is 19.4. The lowest BCUT2D eigenvalue weighted by atomic mass is 10.2. The standard InChI is InChI=1S/C18H19ClFNO3S/c1-11(25-13-5-6-15(20)14(19)9-13)18(22)21-10-12-4-7-16(23-2)17(8-12)24-3/h4-9,11H,10H2,1-3H3,(H,21,22)/t11-/m1/s1. The number of ether oxygens (including phenoxy) is 2. The number of hydrogen-bond acceptors (Lipinski definition) is 4. The number of rotatable bonds is 7. The van der Waals surface area contributed by atoms with Crippen molar-refractivity contribution >= 4 is 29.3 Å². The number of hydrogen-bond donors (Lipinski definition) is 1. The SMILES string of the molecule is COc1ccc(CNC(=O)[C@@H](C)Sc2ccc(F)c(Cl)c2)cc1OC. The average Bonchev–Trinajstić information content (AvgIpc) is 2.62. The molecule has 0 unspecified atom stereocenters. The number of carbonyl (C=O) groups excluding carboxylic acids is 1. The Hall–Kier alpha value is -1.92. The Morgan fingerprint density at radius 1 is 1.20 bits per heavy atom. The van der Waals surface area contributed by atoms with Crippen LogP contribution in [0, 0.1) is 5.82 Å². The van der Waals surface area contributed by atoms with E-state index < -0.39 is 5.82 Å². The third kappa shape index (κ3) is 5.28. The molecule has 2 aromatic carbocycles. The highest BCUT2D eigenvalue weighted by Gasteiger charge is 2.15. The minimum absolute atomic E-state index is 0.0444. The van der Waals surface area contributed by atoms with E-state index in [1.54, 1.807) is 33.3 Å². The van der Waals surface area contributed by atoms with Gasteiger partial charge in [0.25, 0.3) is 0 Å². The van der Waals surface area contributed by atoms with Crippen LogP contribution in [0.2, 0.25) is 5.02 Å². The fraction of sp³-hybridized carbons (Fsp3) is 0.278. The third-order valence-corrected chi connectivity index (χ3v) is 4.87. The summed E-state index contributed by atoms with van der Waals surface area (Å²) in [6, 6.07) is 9.87. The van der Waals surface area contributed by atoms with Crippen LogP contribution in [-0.2, 0) is 11.3 Å². The number of carbonyl (C=O) groups is 1. The molecular weight excluding hydrogens is 365 g/mol. The second kappa shape index (κ2) is 8.97. The van der Waals surface area contributed by atoms with Crippen LogP contribution in [0.25, 0.3) is 0 Å². The minimum Gasteiger partial charge on any atom is -0.493 e. The van der Waals surface area contributed by atoms with Crippen LogP contribution < -0.4 is 14.8 Å². The largest absolute Gasteiger partial charge is 0.493 e. The highest BCUT2D eigenvalue weighted by molar-refractivity contribution is 8.00. The first-order chi connectivity index (χ1) is 11.9. The number of nitrogens with one attached hydrogen (secondary N) is 1. The first-order valence-electron chi connectivity index (χ1n) is 7.55. The van der Waals surface area contributed by atoms with Crippen molar-refractivity contribution in [3.05, 3.63) is 52.8 Å². The van der Waals surface area contributed by atoms with Crippen LogP contribution >= 0.6 is 23.4 Å². The van der Waals surface area contributed by atoms with Gasteiger partial charge in [0, 0.05) is 11.4 Å². The maximum absolute atomic E-state index is 13.2. The Balaban J connectivity index is 1.94. The minimum atomic E-state index is -0.475. The second-order valence-corrected chi connectivity index (χ2v) is 7.06. The Morgan fingerprint density at radius 2 is 1.92 bits per heavy atom. The number of thioether (sulfide) groups is 1. The summed E-state index contributed by atoms with van der Waals surface area (Å²) < 4.78 is 23.6. The van der Waals surface area contributed by atoms with Crippen LogP contribution in [0.3, 0.4) is 0 Å². The smallest absolute Gasteiger partial charge is 0.233 e. The Bertz CT molecular complexity index is 757. The van der Waals surface area contributed by atoms with Crippen molar-refractivity contribution in [1.82, 2.24) is 5.32 Å². The van der Waals surface area contributed by atoms with E-state index in [4.69, 9.17) is 21.1 Å². The molecule has 25 heavy (non-hydrogen) atoms. The average molecular weight is 384 g/mol. The zero-order chi connectivity index (χ0) is 18.4. The molecule has 2 rings (SSSR count). The summed E-state index contributed by atoms with van der Waals surface area (Å²) in [4.78, 5) is 13.0. The van der Waals surface area contributed by atoms with Gasteiger partial charge in [0.15, 0.2) is 11.5 Å². The van der Waals surface area contributed by atoms with E-state index in [1.165, 1.54) is 23.9 Å². The molecule has 0 aromatic heterocycles. The van der Waals surface area contributed by atoms with Gasteiger partial charge >= 0.3 is 0 Å². The van der Waals surface area contributed by atoms with E-state index in [-0.39, 0.29) is 16.2 Å². The summed E-state index contributed by atoms with van der Waals surface area (Å²) in [5.74, 6) is 0.643. The van der Waals surface area contributed by atoms with E-state index >= 15 is 0 Å². The number of halogens is 2. The molecular formula is C18H19ClFNO3S. The number of benzene rings is 2. The fourth-order valence-corrected chi connectivity index (χ4v) is 3.31. The molecule has 1 amide bonds. The molecule has 0 bridgehead atoms. The molecule has 4 nitrogen and oxygen atoms in total. The molecule has 0 saturated carbocycles. The summed E-state index contributed by atoms with van der Waals surface area (Å²) in [6.07, 6.45) is 0. The number of methoxy groups -OCH3 is 2. The van der Waals surface area contributed by atoms with Gasteiger partial charge in [0.05, 0.1) is 24.5 Å². The zero-order valence-corrected chi connectivity index (χ0v) is 15.7. The number of amides is 1. The molecule has 0 radical (unpaired) electrons. The molecule has 0 spiro atoms. The van der Waals surface area contributed by atoms with E-state index in [2.05, 4.69) is 5.32 Å². The monoisotopic (exact) mass is 383 g/mol. The molecule has 0 fully saturated rings. The quantitative estimate of drug-likeness (QED) is 0.724. The highest BCUT2D eigenvalue weighted by Crippen LogP contribution is 2.29. The van der Waals surface area contributed by atoms with Crippen molar-refractivity contribution in [2.24, 2.45) is 0 Å². The van der Waals surface area contributed by atoms with Crippen molar-refractivity contribution in [3.8, 4) is 11.5 Å². The van der Waals surface area contributed by atoms with Crippen LogP contribution in [-0.4, -0.2) is 25.4 Å². The van der Waals surface area contributed by atoms with Crippen LogP contribution in [0.1, 0.15) is 12.5 Å². The van der Waals surface area contributed by atoms with Gasteiger partial charge in [-0.3, -0.25) is 4.79 Å². The van der Waals surface area contributed by atoms with Crippen molar-refractivity contribution in [2.45, 2.75) is 23.6 Å². The summed E-state index contributed by atoms with van der Waals surface area (Å²) in [5, 5.41) is 2.57. The predicted molar refractivity (Wildman–Crippen MR) is 98.1 cm³/mol. The van der Waals surface area contributed by atoms with Crippen LogP contribution in [0.5, 0.6) is 11.5 Å². The third-order valence-electron chi connectivity index (χ3n) is 3.49. The van der Waals surface area contributed by atoms with Gasteiger partial charge in [0.2, 0.25) is 5.91 Å². The van der Waals surface area contributed by atoms with Crippen molar-refractivity contribution < 1.29 is 18.7 Å². The molecule has 0 aliphatic carbocycles. The molecule has 2 aromatic rings. The van der Waals surface area contributed by atoms with Gasteiger partial charge in [0.1, 0.15) is 5.82 Å². The van der Waals surface area contributed by atoms with Crippen molar-refractivity contribution in [3.63, 3.8) is 0 Å². The van der Waals surface area contributed by atoms with Gasteiger partial charge in [-0.15, -0.1) is 11.8 Å². The molecule has 0 aliphatic rings.